The van der Waals surface area contributed by atoms with Gasteiger partial charge in [0.2, 0.25) is 0 Å². The van der Waals surface area contributed by atoms with Gasteiger partial charge in [-0.2, -0.15) is 0 Å². The zero-order chi connectivity index (χ0) is 18.7. The van der Waals surface area contributed by atoms with Gasteiger partial charge in [0.1, 0.15) is 0 Å². The van der Waals surface area contributed by atoms with Gasteiger partial charge in [0.25, 0.3) is 0 Å². The Balaban J connectivity index is 1.58. The van der Waals surface area contributed by atoms with Crippen LogP contribution in [0.25, 0.3) is 0 Å². The van der Waals surface area contributed by atoms with Crippen molar-refractivity contribution < 1.29 is 0 Å². The second-order valence-electron chi connectivity index (χ2n) is 10.4. The van der Waals surface area contributed by atoms with E-state index >= 15 is 0 Å². The standard InChI is InChI=1S/C26H50/c1-4-6-8-10-12-20-26(3)21-18-25(19-22-26)24-16-14-23(15-17-24)13-11-9-7-5-2/h23-25H,4-22H2,1-3H3. The van der Waals surface area contributed by atoms with Crippen LogP contribution in [0.15, 0.2) is 0 Å². The molecule has 0 aromatic heterocycles. The minimum Gasteiger partial charge on any atom is -0.0654 e. The lowest BCUT2D eigenvalue weighted by atomic mass is 9.63. The molecule has 0 unspecified atom stereocenters. The maximum Gasteiger partial charge on any atom is -0.0326 e. The molecule has 2 fully saturated rings. The van der Waals surface area contributed by atoms with Gasteiger partial charge in [-0.25, -0.2) is 0 Å². The second-order valence-corrected chi connectivity index (χ2v) is 10.4. The molecule has 0 aromatic rings. The Morgan fingerprint density at radius 1 is 0.615 bits per heavy atom. The molecule has 0 N–H and O–H groups in total. The van der Waals surface area contributed by atoms with Crippen LogP contribution in [0.3, 0.4) is 0 Å². The van der Waals surface area contributed by atoms with Crippen molar-refractivity contribution in [2.45, 2.75) is 143 Å². The Bertz CT molecular complexity index is 328. The summed E-state index contributed by atoms with van der Waals surface area (Å²) in [5.74, 6) is 3.26. The van der Waals surface area contributed by atoms with E-state index in [-0.39, 0.29) is 0 Å². The first kappa shape index (κ1) is 22.3. The van der Waals surface area contributed by atoms with Crippen LogP contribution in [0.2, 0.25) is 0 Å². The summed E-state index contributed by atoms with van der Waals surface area (Å²) in [6.45, 7) is 7.26. The van der Waals surface area contributed by atoms with Crippen LogP contribution in [0, 0.1) is 23.2 Å². The summed E-state index contributed by atoms with van der Waals surface area (Å²) < 4.78 is 0. The summed E-state index contributed by atoms with van der Waals surface area (Å²) in [5, 5.41) is 0. The minimum atomic E-state index is 0.694. The van der Waals surface area contributed by atoms with Gasteiger partial charge in [0, 0.05) is 0 Å². The Hall–Kier alpha value is 0. The maximum atomic E-state index is 2.61. The molecule has 0 heterocycles. The van der Waals surface area contributed by atoms with Gasteiger partial charge in [0.15, 0.2) is 0 Å². The highest BCUT2D eigenvalue weighted by molar-refractivity contribution is 4.86. The Kier molecular flexibility index (Phi) is 10.7. The minimum absolute atomic E-state index is 0.694. The molecule has 2 aliphatic rings. The lowest BCUT2D eigenvalue weighted by Crippen LogP contribution is -2.30. The van der Waals surface area contributed by atoms with E-state index < -0.39 is 0 Å². The predicted molar refractivity (Wildman–Crippen MR) is 118 cm³/mol. The molecule has 0 bridgehead atoms. The fraction of sp³-hybridized carbons (Fsp3) is 1.00. The van der Waals surface area contributed by atoms with Crippen LogP contribution in [-0.2, 0) is 0 Å². The molecule has 0 saturated heterocycles. The van der Waals surface area contributed by atoms with E-state index in [0.29, 0.717) is 5.41 Å². The molecule has 26 heavy (non-hydrogen) atoms. The van der Waals surface area contributed by atoms with Gasteiger partial charge in [-0.05, 0) is 68.1 Å². The third kappa shape index (κ3) is 7.93. The molecule has 0 aliphatic heterocycles. The smallest absolute Gasteiger partial charge is 0.0326 e. The van der Waals surface area contributed by atoms with Crippen molar-refractivity contribution in [2.75, 3.05) is 0 Å². The quantitative estimate of drug-likeness (QED) is 0.303. The fourth-order valence-electron chi connectivity index (χ4n) is 6.02. The molecular weight excluding hydrogens is 312 g/mol. The average Bonchev–Trinajstić information content (AvgIpc) is 2.66. The summed E-state index contributed by atoms with van der Waals surface area (Å²) >= 11 is 0. The largest absolute Gasteiger partial charge is 0.0654 e. The SMILES string of the molecule is CCCCCCCC1(C)CCC(C2CCC(CCCCCC)CC2)CC1. The number of hydrogen-bond donors (Lipinski definition) is 0. The van der Waals surface area contributed by atoms with Crippen molar-refractivity contribution in [3.05, 3.63) is 0 Å². The van der Waals surface area contributed by atoms with Crippen molar-refractivity contribution in [3.63, 3.8) is 0 Å². The van der Waals surface area contributed by atoms with Gasteiger partial charge < -0.3 is 0 Å². The van der Waals surface area contributed by atoms with Gasteiger partial charge in [-0.3, -0.25) is 0 Å². The fourth-order valence-corrected chi connectivity index (χ4v) is 6.02. The van der Waals surface area contributed by atoms with Gasteiger partial charge >= 0.3 is 0 Å². The molecule has 0 heteroatoms. The van der Waals surface area contributed by atoms with E-state index in [1.807, 2.05) is 0 Å². The monoisotopic (exact) mass is 362 g/mol. The van der Waals surface area contributed by atoms with Crippen LogP contribution < -0.4 is 0 Å². The molecule has 2 rings (SSSR count). The average molecular weight is 363 g/mol. The summed E-state index contributed by atoms with van der Waals surface area (Å²) in [4.78, 5) is 0. The van der Waals surface area contributed by atoms with Crippen LogP contribution in [0.4, 0.5) is 0 Å². The van der Waals surface area contributed by atoms with Crippen LogP contribution in [-0.4, -0.2) is 0 Å². The molecule has 0 radical (unpaired) electrons. The molecule has 0 amide bonds. The van der Waals surface area contributed by atoms with Crippen LogP contribution in [0.1, 0.15) is 143 Å². The molecule has 2 aliphatic carbocycles. The second kappa shape index (κ2) is 12.5. The number of hydrogen-bond acceptors (Lipinski definition) is 0. The lowest BCUT2D eigenvalue weighted by Gasteiger charge is -2.42. The van der Waals surface area contributed by atoms with Crippen molar-refractivity contribution >= 4 is 0 Å². The first-order chi connectivity index (χ1) is 12.7. The summed E-state index contributed by atoms with van der Waals surface area (Å²) in [6.07, 6.45) is 28.5. The van der Waals surface area contributed by atoms with Gasteiger partial charge in [0.05, 0.1) is 0 Å². The summed E-state index contributed by atoms with van der Waals surface area (Å²) in [5.41, 5.74) is 0.694. The highest BCUT2D eigenvalue weighted by Crippen LogP contribution is 2.47. The molecule has 0 atom stereocenters. The summed E-state index contributed by atoms with van der Waals surface area (Å²) in [7, 11) is 0. The number of rotatable bonds is 12. The first-order valence-electron chi connectivity index (χ1n) is 12.7. The summed E-state index contributed by atoms with van der Waals surface area (Å²) in [6, 6.07) is 0. The Morgan fingerprint density at radius 2 is 1.15 bits per heavy atom. The molecular formula is C26H50. The molecule has 0 spiro atoms. The van der Waals surface area contributed by atoms with E-state index in [0.717, 1.165) is 17.8 Å². The van der Waals surface area contributed by atoms with E-state index in [4.69, 9.17) is 0 Å². The van der Waals surface area contributed by atoms with E-state index in [1.165, 1.54) is 83.5 Å². The van der Waals surface area contributed by atoms with Crippen molar-refractivity contribution in [1.82, 2.24) is 0 Å². The van der Waals surface area contributed by atoms with Crippen LogP contribution >= 0.6 is 0 Å². The van der Waals surface area contributed by atoms with E-state index in [2.05, 4.69) is 20.8 Å². The normalized spacial score (nSPS) is 32.7. The Labute approximate surface area is 166 Å². The van der Waals surface area contributed by atoms with Crippen molar-refractivity contribution in [2.24, 2.45) is 23.2 Å². The van der Waals surface area contributed by atoms with Gasteiger partial charge in [-0.1, -0.05) is 97.8 Å². The lowest BCUT2D eigenvalue weighted by molar-refractivity contribution is 0.0948. The molecule has 2 saturated carbocycles. The van der Waals surface area contributed by atoms with E-state index in [9.17, 15) is 0 Å². The first-order valence-corrected chi connectivity index (χ1v) is 12.7. The zero-order valence-electron chi connectivity index (χ0n) is 18.7. The third-order valence-corrected chi connectivity index (χ3v) is 8.15. The molecule has 0 aromatic carbocycles. The predicted octanol–water partition coefficient (Wildman–Crippen LogP) is 9.32. The Morgan fingerprint density at radius 3 is 1.77 bits per heavy atom. The highest BCUT2D eigenvalue weighted by atomic mass is 14.4. The molecule has 0 nitrogen and oxygen atoms in total. The number of unbranched alkanes of at least 4 members (excludes halogenated alkanes) is 7. The van der Waals surface area contributed by atoms with Gasteiger partial charge in [-0.15, -0.1) is 0 Å². The molecule has 154 valence electrons. The van der Waals surface area contributed by atoms with Crippen molar-refractivity contribution in [1.29, 1.82) is 0 Å². The highest BCUT2D eigenvalue weighted by Gasteiger charge is 2.35. The zero-order valence-corrected chi connectivity index (χ0v) is 18.7. The maximum absolute atomic E-state index is 2.61. The van der Waals surface area contributed by atoms with Crippen molar-refractivity contribution in [3.8, 4) is 0 Å². The third-order valence-electron chi connectivity index (χ3n) is 8.15. The van der Waals surface area contributed by atoms with Crippen LogP contribution in [0.5, 0.6) is 0 Å². The van der Waals surface area contributed by atoms with E-state index in [1.54, 1.807) is 38.5 Å². The topological polar surface area (TPSA) is 0 Å².